The normalized spacial score (nSPS) is 10.3. The lowest BCUT2D eigenvalue weighted by Crippen LogP contribution is -2.22. The van der Waals surface area contributed by atoms with E-state index in [1.54, 1.807) is 26.8 Å². The van der Waals surface area contributed by atoms with Gasteiger partial charge in [0.2, 0.25) is 0 Å². The van der Waals surface area contributed by atoms with E-state index in [2.05, 4.69) is 15.0 Å². The molecule has 0 fully saturated rings. The summed E-state index contributed by atoms with van der Waals surface area (Å²) in [7, 11) is 1.24. The highest BCUT2D eigenvalue weighted by atomic mass is 19.1. The van der Waals surface area contributed by atoms with Crippen LogP contribution in [0.25, 0.3) is 0 Å². The number of hydrogen-bond donors (Lipinski definition) is 2. The Labute approximate surface area is 149 Å². The summed E-state index contributed by atoms with van der Waals surface area (Å²) in [5.41, 5.74) is 1.82. The first-order valence-electron chi connectivity index (χ1n) is 7.75. The highest BCUT2D eigenvalue weighted by Crippen LogP contribution is 2.20. The third-order valence-electron chi connectivity index (χ3n) is 3.76. The molecule has 2 rings (SSSR count). The van der Waals surface area contributed by atoms with Crippen LogP contribution in [0.3, 0.4) is 0 Å². The average molecular weight is 362 g/mol. The van der Waals surface area contributed by atoms with Crippen LogP contribution in [0.1, 0.15) is 37.7 Å². The fourth-order valence-corrected chi connectivity index (χ4v) is 2.47. The van der Waals surface area contributed by atoms with Crippen LogP contribution in [0.2, 0.25) is 0 Å². The Morgan fingerprint density at radius 3 is 2.46 bits per heavy atom. The van der Waals surface area contributed by atoms with Crippen LogP contribution < -0.4 is 5.32 Å². The van der Waals surface area contributed by atoms with Gasteiger partial charge < -0.3 is 19.8 Å². The van der Waals surface area contributed by atoms with Gasteiger partial charge in [-0.05, 0) is 44.0 Å². The van der Waals surface area contributed by atoms with E-state index in [0.717, 1.165) is 0 Å². The topological polar surface area (TPSA) is 97.5 Å². The number of carbonyl (C=O) groups excluding carboxylic acids is 3. The van der Waals surface area contributed by atoms with Gasteiger partial charge in [-0.1, -0.05) is 6.07 Å². The fraction of sp³-hybridized carbons (Fsp3) is 0.278. The number of hydrogen-bond acceptors (Lipinski definition) is 5. The summed E-state index contributed by atoms with van der Waals surface area (Å²) in [4.78, 5) is 38.5. The molecule has 138 valence electrons. The molecule has 7 nitrogen and oxygen atoms in total. The molecule has 1 aromatic heterocycles. The van der Waals surface area contributed by atoms with Crippen LogP contribution in [-0.2, 0) is 14.3 Å². The van der Waals surface area contributed by atoms with Gasteiger partial charge in [-0.3, -0.25) is 4.79 Å². The number of benzene rings is 1. The zero-order valence-corrected chi connectivity index (χ0v) is 14.9. The van der Waals surface area contributed by atoms with Crippen molar-refractivity contribution < 1.29 is 28.2 Å². The van der Waals surface area contributed by atoms with Crippen LogP contribution in [0.4, 0.5) is 10.1 Å². The molecule has 0 saturated heterocycles. The summed E-state index contributed by atoms with van der Waals surface area (Å²) in [5.74, 6) is -2.65. The van der Waals surface area contributed by atoms with Crippen molar-refractivity contribution >= 4 is 23.5 Å². The summed E-state index contributed by atoms with van der Waals surface area (Å²) in [6, 6.07) is 4.34. The van der Waals surface area contributed by atoms with Gasteiger partial charge in [0.1, 0.15) is 11.5 Å². The summed E-state index contributed by atoms with van der Waals surface area (Å²) >= 11 is 0. The molecule has 0 bridgehead atoms. The number of amides is 1. The zero-order chi connectivity index (χ0) is 19.4. The molecular formula is C18H19FN2O5. The number of halogens is 1. The van der Waals surface area contributed by atoms with E-state index in [1.165, 1.54) is 19.2 Å². The van der Waals surface area contributed by atoms with Gasteiger partial charge in [0.15, 0.2) is 6.61 Å². The van der Waals surface area contributed by atoms with E-state index < -0.39 is 30.3 Å². The number of H-pyrrole nitrogens is 1. The van der Waals surface area contributed by atoms with E-state index in [4.69, 9.17) is 4.74 Å². The van der Waals surface area contributed by atoms with Crippen molar-refractivity contribution in [2.24, 2.45) is 0 Å². The molecule has 1 heterocycles. The van der Waals surface area contributed by atoms with Crippen molar-refractivity contribution in [3.8, 4) is 0 Å². The second-order valence-electron chi connectivity index (χ2n) is 5.72. The van der Waals surface area contributed by atoms with Gasteiger partial charge in [0.25, 0.3) is 5.91 Å². The fourth-order valence-electron chi connectivity index (χ4n) is 2.47. The first-order valence-corrected chi connectivity index (χ1v) is 7.75. The second-order valence-corrected chi connectivity index (χ2v) is 5.72. The molecule has 0 aliphatic carbocycles. The molecule has 2 N–H and O–H groups in total. The lowest BCUT2D eigenvalue weighted by Gasteiger charge is -2.08. The Morgan fingerprint density at radius 1 is 1.15 bits per heavy atom. The number of nitrogens with one attached hydrogen (secondary N) is 2. The lowest BCUT2D eigenvalue weighted by atomic mass is 10.1. The SMILES string of the molecule is COC(=O)c1c(C)[nH]c(C(=O)OCC(=O)Nc2ccc(C)cc2F)c1C. The molecule has 8 heteroatoms. The number of aromatic nitrogens is 1. The number of esters is 2. The van der Waals surface area contributed by atoms with Crippen molar-refractivity contribution in [2.45, 2.75) is 20.8 Å². The molecule has 1 aromatic carbocycles. The number of aromatic amines is 1. The Morgan fingerprint density at radius 2 is 1.85 bits per heavy atom. The molecule has 0 aliphatic heterocycles. The van der Waals surface area contributed by atoms with Gasteiger partial charge in [-0.25, -0.2) is 14.0 Å². The van der Waals surface area contributed by atoms with Gasteiger partial charge in [0.05, 0.1) is 18.4 Å². The Kier molecular flexibility index (Phi) is 5.76. The van der Waals surface area contributed by atoms with E-state index >= 15 is 0 Å². The highest BCUT2D eigenvalue weighted by Gasteiger charge is 2.23. The standard InChI is InChI=1S/C18H19FN2O5/c1-9-5-6-13(12(19)7-9)21-14(22)8-26-18(24)16-10(2)15(11(3)20-16)17(23)25-4/h5-7,20H,8H2,1-4H3,(H,21,22). The maximum Gasteiger partial charge on any atom is 0.355 e. The van der Waals surface area contributed by atoms with Crippen molar-refractivity contribution in [1.29, 1.82) is 0 Å². The van der Waals surface area contributed by atoms with Gasteiger partial charge in [-0.2, -0.15) is 0 Å². The number of ether oxygens (including phenoxy) is 2. The monoisotopic (exact) mass is 362 g/mol. The zero-order valence-electron chi connectivity index (χ0n) is 14.9. The molecule has 0 unspecified atom stereocenters. The molecule has 0 saturated carbocycles. The average Bonchev–Trinajstić information content (AvgIpc) is 2.89. The van der Waals surface area contributed by atoms with Crippen LogP contribution in [0, 0.1) is 26.6 Å². The maximum absolute atomic E-state index is 13.7. The molecule has 26 heavy (non-hydrogen) atoms. The van der Waals surface area contributed by atoms with Crippen LogP contribution in [-0.4, -0.2) is 36.5 Å². The van der Waals surface area contributed by atoms with Crippen molar-refractivity contribution in [3.05, 3.63) is 52.1 Å². The maximum atomic E-state index is 13.7. The smallest absolute Gasteiger partial charge is 0.355 e. The molecule has 0 aliphatic rings. The number of rotatable bonds is 5. The summed E-state index contributed by atoms with van der Waals surface area (Å²) < 4.78 is 23.3. The van der Waals surface area contributed by atoms with Crippen molar-refractivity contribution in [1.82, 2.24) is 4.98 Å². The summed E-state index contributed by atoms with van der Waals surface area (Å²) in [6.45, 7) is 4.30. The third kappa shape index (κ3) is 4.08. The number of anilines is 1. The van der Waals surface area contributed by atoms with Crippen LogP contribution in [0.15, 0.2) is 18.2 Å². The van der Waals surface area contributed by atoms with E-state index in [1.807, 2.05) is 0 Å². The number of carbonyl (C=O) groups is 3. The highest BCUT2D eigenvalue weighted by molar-refractivity contribution is 5.99. The van der Waals surface area contributed by atoms with E-state index in [0.29, 0.717) is 16.8 Å². The van der Waals surface area contributed by atoms with Crippen molar-refractivity contribution in [2.75, 3.05) is 19.0 Å². The van der Waals surface area contributed by atoms with Gasteiger partial charge in [0, 0.05) is 5.69 Å². The molecule has 2 aromatic rings. The van der Waals surface area contributed by atoms with Crippen LogP contribution in [0.5, 0.6) is 0 Å². The summed E-state index contributed by atoms with van der Waals surface area (Å²) in [6.07, 6.45) is 0. The lowest BCUT2D eigenvalue weighted by molar-refractivity contribution is -0.119. The Balaban J connectivity index is 2.02. The quantitative estimate of drug-likeness (QED) is 0.797. The van der Waals surface area contributed by atoms with E-state index in [9.17, 15) is 18.8 Å². The first kappa shape index (κ1) is 19.2. The number of aryl methyl sites for hydroxylation is 2. The minimum absolute atomic E-state index is 0.00322. The predicted molar refractivity (Wildman–Crippen MR) is 91.7 cm³/mol. The molecule has 0 atom stereocenters. The molecule has 0 radical (unpaired) electrons. The number of methoxy groups -OCH3 is 1. The first-order chi connectivity index (χ1) is 12.2. The second kappa shape index (κ2) is 7.81. The van der Waals surface area contributed by atoms with Gasteiger partial charge in [-0.15, -0.1) is 0 Å². The van der Waals surface area contributed by atoms with Crippen molar-refractivity contribution in [3.63, 3.8) is 0 Å². The van der Waals surface area contributed by atoms with Gasteiger partial charge >= 0.3 is 11.9 Å². The van der Waals surface area contributed by atoms with Crippen LogP contribution >= 0.6 is 0 Å². The third-order valence-corrected chi connectivity index (χ3v) is 3.76. The molecular weight excluding hydrogens is 343 g/mol. The van der Waals surface area contributed by atoms with E-state index in [-0.39, 0.29) is 16.9 Å². The largest absolute Gasteiger partial charge is 0.465 e. The molecule has 0 spiro atoms. The predicted octanol–water partition coefficient (Wildman–Crippen LogP) is 2.66. The minimum Gasteiger partial charge on any atom is -0.465 e. The Bertz CT molecular complexity index is 873. The minimum atomic E-state index is -0.805. The Hall–Kier alpha value is -3.16. The summed E-state index contributed by atoms with van der Waals surface area (Å²) in [5, 5.41) is 2.33. The molecule has 1 amide bonds.